The molecule has 0 bridgehead atoms. The molecule has 0 atom stereocenters. The molecule has 0 saturated heterocycles. The van der Waals surface area contributed by atoms with Crippen LogP contribution in [-0.2, 0) is 17.8 Å². The minimum absolute atomic E-state index is 0.115. The summed E-state index contributed by atoms with van der Waals surface area (Å²) >= 11 is 2.91. The first kappa shape index (κ1) is 17.7. The highest BCUT2D eigenvalue weighted by atomic mass is 32.1. The third-order valence-electron chi connectivity index (χ3n) is 5.24. The number of thiophene rings is 1. The molecule has 0 unspecified atom stereocenters. The van der Waals surface area contributed by atoms with Crippen molar-refractivity contribution in [3.8, 4) is 0 Å². The zero-order chi connectivity index (χ0) is 17.9. The van der Waals surface area contributed by atoms with E-state index in [-0.39, 0.29) is 11.8 Å². The average Bonchev–Trinajstić information content (AvgIpc) is 3.31. The predicted molar refractivity (Wildman–Crippen MR) is 105 cm³/mol. The summed E-state index contributed by atoms with van der Waals surface area (Å²) in [6, 6.07) is 3.67. The van der Waals surface area contributed by atoms with Gasteiger partial charge in [0.2, 0.25) is 5.91 Å². The van der Waals surface area contributed by atoms with Crippen molar-refractivity contribution in [2.45, 2.75) is 51.5 Å². The standard InChI is InChI=1S/C19H23N3O2S2/c23-17(11-13-5-2-1-3-6-13)22-9-8-14-16(12-22)26-19(20-14)21-18(24)15-7-4-10-25-15/h4,7,10,13H,1-3,5-6,8-9,11-12H2,(H,20,21,24). The van der Waals surface area contributed by atoms with Gasteiger partial charge in [0.05, 0.1) is 17.1 Å². The lowest BCUT2D eigenvalue weighted by molar-refractivity contribution is -0.133. The molecule has 0 radical (unpaired) electrons. The van der Waals surface area contributed by atoms with E-state index in [0.29, 0.717) is 28.9 Å². The molecular weight excluding hydrogens is 366 g/mol. The van der Waals surface area contributed by atoms with Gasteiger partial charge in [-0.3, -0.25) is 14.9 Å². The van der Waals surface area contributed by atoms with Crippen molar-refractivity contribution in [1.29, 1.82) is 0 Å². The second kappa shape index (κ2) is 7.88. The number of carbonyl (C=O) groups is 2. The molecule has 1 saturated carbocycles. The summed E-state index contributed by atoms with van der Waals surface area (Å²) in [6.45, 7) is 1.37. The summed E-state index contributed by atoms with van der Waals surface area (Å²) < 4.78 is 0. The third-order valence-corrected chi connectivity index (χ3v) is 7.10. The summed E-state index contributed by atoms with van der Waals surface area (Å²) in [4.78, 5) is 33.2. The molecule has 2 aliphatic rings. The molecule has 0 aromatic carbocycles. The van der Waals surface area contributed by atoms with Gasteiger partial charge < -0.3 is 4.90 Å². The molecule has 2 aromatic heterocycles. The van der Waals surface area contributed by atoms with Crippen LogP contribution in [-0.4, -0.2) is 28.2 Å². The monoisotopic (exact) mass is 389 g/mol. The van der Waals surface area contributed by atoms with Crippen LogP contribution in [0.2, 0.25) is 0 Å². The van der Waals surface area contributed by atoms with Gasteiger partial charge in [0, 0.05) is 24.3 Å². The molecule has 1 aliphatic carbocycles. The van der Waals surface area contributed by atoms with Crippen LogP contribution >= 0.6 is 22.7 Å². The van der Waals surface area contributed by atoms with Crippen molar-refractivity contribution >= 4 is 39.6 Å². The zero-order valence-corrected chi connectivity index (χ0v) is 16.3. The maximum Gasteiger partial charge on any atom is 0.267 e. The van der Waals surface area contributed by atoms with E-state index in [1.54, 1.807) is 6.07 Å². The van der Waals surface area contributed by atoms with Crippen molar-refractivity contribution in [2.75, 3.05) is 11.9 Å². The Balaban J connectivity index is 1.37. The van der Waals surface area contributed by atoms with Gasteiger partial charge in [-0.05, 0) is 30.2 Å². The number of amides is 2. The van der Waals surface area contributed by atoms with Gasteiger partial charge in [0.1, 0.15) is 0 Å². The van der Waals surface area contributed by atoms with E-state index in [1.807, 2.05) is 16.3 Å². The molecule has 26 heavy (non-hydrogen) atoms. The lowest BCUT2D eigenvalue weighted by Crippen LogP contribution is -2.36. The summed E-state index contributed by atoms with van der Waals surface area (Å²) in [5, 5.41) is 5.41. The Bertz CT molecular complexity index is 779. The van der Waals surface area contributed by atoms with Crippen LogP contribution < -0.4 is 5.32 Å². The van der Waals surface area contributed by atoms with Gasteiger partial charge in [0.25, 0.3) is 5.91 Å². The van der Waals surface area contributed by atoms with Gasteiger partial charge in [-0.1, -0.05) is 36.7 Å². The van der Waals surface area contributed by atoms with Crippen molar-refractivity contribution < 1.29 is 9.59 Å². The number of fused-ring (bicyclic) bond motifs is 1. The maximum absolute atomic E-state index is 12.7. The summed E-state index contributed by atoms with van der Waals surface area (Å²) in [6.07, 6.45) is 7.72. The predicted octanol–water partition coefficient (Wildman–Crippen LogP) is 4.31. The quantitative estimate of drug-likeness (QED) is 0.847. The molecule has 3 heterocycles. The highest BCUT2D eigenvalue weighted by Gasteiger charge is 2.26. The second-order valence-electron chi connectivity index (χ2n) is 7.09. The number of thiazole rings is 1. The summed E-state index contributed by atoms with van der Waals surface area (Å²) in [5.41, 5.74) is 1.03. The van der Waals surface area contributed by atoms with Crippen molar-refractivity contribution in [3.63, 3.8) is 0 Å². The first-order valence-electron chi connectivity index (χ1n) is 9.30. The van der Waals surface area contributed by atoms with Gasteiger partial charge in [-0.2, -0.15) is 0 Å². The van der Waals surface area contributed by atoms with Crippen LogP contribution in [0, 0.1) is 5.92 Å². The number of rotatable bonds is 4. The van der Waals surface area contributed by atoms with E-state index in [4.69, 9.17) is 0 Å². The van der Waals surface area contributed by atoms with Crippen LogP contribution in [0.15, 0.2) is 17.5 Å². The van der Waals surface area contributed by atoms with Crippen molar-refractivity contribution in [3.05, 3.63) is 33.0 Å². The van der Waals surface area contributed by atoms with Crippen LogP contribution in [0.3, 0.4) is 0 Å². The number of aromatic nitrogens is 1. The number of nitrogens with one attached hydrogen (secondary N) is 1. The smallest absolute Gasteiger partial charge is 0.267 e. The van der Waals surface area contributed by atoms with E-state index < -0.39 is 0 Å². The van der Waals surface area contributed by atoms with Gasteiger partial charge >= 0.3 is 0 Å². The van der Waals surface area contributed by atoms with Gasteiger partial charge in [0.15, 0.2) is 5.13 Å². The molecule has 4 rings (SSSR count). The van der Waals surface area contributed by atoms with Crippen LogP contribution in [0.4, 0.5) is 5.13 Å². The Morgan fingerprint density at radius 1 is 1.27 bits per heavy atom. The molecule has 1 aliphatic heterocycles. The molecule has 2 amide bonds. The first-order valence-corrected chi connectivity index (χ1v) is 11.0. The number of anilines is 1. The second-order valence-corrected chi connectivity index (χ2v) is 9.13. The first-order chi connectivity index (χ1) is 12.7. The van der Waals surface area contributed by atoms with E-state index in [1.165, 1.54) is 54.8 Å². The van der Waals surface area contributed by atoms with E-state index in [2.05, 4.69) is 10.3 Å². The highest BCUT2D eigenvalue weighted by Crippen LogP contribution is 2.31. The Morgan fingerprint density at radius 3 is 2.88 bits per heavy atom. The Hall–Kier alpha value is -1.73. The molecule has 138 valence electrons. The van der Waals surface area contributed by atoms with Gasteiger partial charge in [-0.25, -0.2) is 4.98 Å². The third kappa shape index (κ3) is 3.99. The van der Waals surface area contributed by atoms with Crippen LogP contribution in [0.1, 0.15) is 58.8 Å². The molecule has 2 aromatic rings. The number of nitrogens with zero attached hydrogens (tertiary/aromatic N) is 2. The van der Waals surface area contributed by atoms with E-state index in [0.717, 1.165) is 23.5 Å². The van der Waals surface area contributed by atoms with Crippen LogP contribution in [0.5, 0.6) is 0 Å². The Labute approximate surface area is 161 Å². The lowest BCUT2D eigenvalue weighted by Gasteiger charge is -2.29. The summed E-state index contributed by atoms with van der Waals surface area (Å²) in [7, 11) is 0. The van der Waals surface area contributed by atoms with E-state index >= 15 is 0 Å². The fraction of sp³-hybridized carbons (Fsp3) is 0.526. The molecular formula is C19H23N3O2S2. The average molecular weight is 390 g/mol. The van der Waals surface area contributed by atoms with Crippen molar-refractivity contribution in [1.82, 2.24) is 9.88 Å². The summed E-state index contributed by atoms with van der Waals surface area (Å²) in [5.74, 6) is 0.733. The van der Waals surface area contributed by atoms with E-state index in [9.17, 15) is 9.59 Å². The number of carbonyl (C=O) groups excluding carboxylic acids is 2. The fourth-order valence-electron chi connectivity index (χ4n) is 3.80. The molecule has 1 fully saturated rings. The molecule has 0 spiro atoms. The highest BCUT2D eigenvalue weighted by molar-refractivity contribution is 7.16. The fourth-order valence-corrected chi connectivity index (χ4v) is 5.43. The topological polar surface area (TPSA) is 62.3 Å². The Kier molecular flexibility index (Phi) is 5.36. The minimum Gasteiger partial charge on any atom is -0.337 e. The normalized spacial score (nSPS) is 17.8. The minimum atomic E-state index is -0.115. The van der Waals surface area contributed by atoms with Crippen LogP contribution in [0.25, 0.3) is 0 Å². The van der Waals surface area contributed by atoms with Crippen molar-refractivity contribution in [2.24, 2.45) is 5.92 Å². The molecule has 1 N–H and O–H groups in total. The SMILES string of the molecule is O=C(Nc1nc2c(s1)CN(C(=O)CC1CCCCC1)CC2)c1cccs1. The van der Waals surface area contributed by atoms with Gasteiger partial charge in [-0.15, -0.1) is 11.3 Å². The zero-order valence-electron chi connectivity index (χ0n) is 14.7. The maximum atomic E-state index is 12.7. The molecule has 7 heteroatoms. The Morgan fingerprint density at radius 2 is 2.12 bits per heavy atom. The lowest BCUT2D eigenvalue weighted by atomic mass is 9.86. The number of hydrogen-bond acceptors (Lipinski definition) is 5. The largest absolute Gasteiger partial charge is 0.337 e. The number of hydrogen-bond donors (Lipinski definition) is 1. The molecule has 5 nitrogen and oxygen atoms in total.